The van der Waals surface area contributed by atoms with Crippen LogP contribution >= 0.6 is 0 Å². The van der Waals surface area contributed by atoms with E-state index in [0.29, 0.717) is 6.04 Å². The first-order valence-corrected chi connectivity index (χ1v) is 7.77. The summed E-state index contributed by atoms with van der Waals surface area (Å²) < 4.78 is 11.0. The molecule has 1 aliphatic rings. The van der Waals surface area contributed by atoms with Crippen molar-refractivity contribution < 1.29 is 9.47 Å². The Morgan fingerprint density at radius 3 is 2.81 bits per heavy atom. The number of hydrogen-bond acceptors (Lipinski definition) is 4. The maximum atomic E-state index is 6.51. The number of hydrogen-bond donors (Lipinski definition) is 1. The molecule has 0 radical (unpaired) electrons. The third-order valence-corrected chi connectivity index (χ3v) is 4.30. The Labute approximate surface area is 128 Å². The number of fused-ring (bicyclic) bond motifs is 1. The van der Waals surface area contributed by atoms with Crippen LogP contribution in [0.5, 0.6) is 5.75 Å². The van der Waals surface area contributed by atoms with Gasteiger partial charge in [-0.3, -0.25) is 4.90 Å². The lowest BCUT2D eigenvalue weighted by Crippen LogP contribution is -2.44. The number of nitrogens with zero attached hydrogens (tertiary/aromatic N) is 1. The fourth-order valence-corrected chi connectivity index (χ4v) is 3.02. The molecule has 2 rings (SSSR count). The van der Waals surface area contributed by atoms with Crippen molar-refractivity contribution in [3.05, 3.63) is 29.3 Å². The molecule has 0 amide bonds. The van der Waals surface area contributed by atoms with E-state index in [9.17, 15) is 0 Å². The molecule has 4 nitrogen and oxygen atoms in total. The Bertz CT molecular complexity index is 462. The quantitative estimate of drug-likeness (QED) is 0.874. The minimum absolute atomic E-state index is 0.0351. The maximum Gasteiger partial charge on any atom is 0.119 e. The topological polar surface area (TPSA) is 47.7 Å². The molecular formula is C17H28N2O2. The van der Waals surface area contributed by atoms with Crippen LogP contribution in [-0.2, 0) is 11.2 Å². The highest BCUT2D eigenvalue weighted by molar-refractivity contribution is 5.40. The summed E-state index contributed by atoms with van der Waals surface area (Å²) in [4.78, 5) is 2.33. The molecule has 0 saturated carbocycles. The van der Waals surface area contributed by atoms with Crippen molar-refractivity contribution in [1.29, 1.82) is 0 Å². The van der Waals surface area contributed by atoms with Crippen molar-refractivity contribution in [1.82, 2.24) is 4.90 Å². The lowest BCUT2D eigenvalue weighted by atomic mass is 9.83. The van der Waals surface area contributed by atoms with Crippen molar-refractivity contribution in [2.45, 2.75) is 44.9 Å². The van der Waals surface area contributed by atoms with Gasteiger partial charge in [0.15, 0.2) is 0 Å². The van der Waals surface area contributed by atoms with Crippen LogP contribution in [0.25, 0.3) is 0 Å². The van der Waals surface area contributed by atoms with Crippen molar-refractivity contribution in [3.63, 3.8) is 0 Å². The lowest BCUT2D eigenvalue weighted by Gasteiger charge is -2.37. The minimum Gasteiger partial charge on any atom is -0.497 e. The molecule has 0 bridgehead atoms. The SMILES string of the molecule is COc1ccc2c(c1)C(N)C(N(C)CCOC(C)C)CC2. The number of rotatable bonds is 6. The van der Waals surface area contributed by atoms with Crippen LogP contribution in [0.3, 0.4) is 0 Å². The summed E-state index contributed by atoms with van der Waals surface area (Å²) in [6.45, 7) is 5.79. The molecule has 1 aliphatic carbocycles. The lowest BCUT2D eigenvalue weighted by molar-refractivity contribution is 0.0510. The minimum atomic E-state index is 0.0351. The van der Waals surface area contributed by atoms with Crippen molar-refractivity contribution in [2.24, 2.45) is 5.73 Å². The van der Waals surface area contributed by atoms with E-state index in [2.05, 4.69) is 37.9 Å². The molecule has 0 saturated heterocycles. The molecule has 4 heteroatoms. The number of benzene rings is 1. The molecule has 1 aromatic carbocycles. The number of nitrogens with two attached hydrogens (primary N) is 1. The van der Waals surface area contributed by atoms with E-state index in [0.717, 1.165) is 31.7 Å². The van der Waals surface area contributed by atoms with Gasteiger partial charge in [-0.25, -0.2) is 0 Å². The second-order valence-electron chi connectivity index (χ2n) is 6.10. The van der Waals surface area contributed by atoms with E-state index in [1.54, 1.807) is 7.11 Å². The average molecular weight is 292 g/mol. The molecule has 21 heavy (non-hydrogen) atoms. The van der Waals surface area contributed by atoms with Crippen LogP contribution in [0, 0.1) is 0 Å². The van der Waals surface area contributed by atoms with E-state index in [1.807, 2.05) is 6.07 Å². The second-order valence-corrected chi connectivity index (χ2v) is 6.10. The molecule has 118 valence electrons. The zero-order valence-corrected chi connectivity index (χ0v) is 13.6. The molecular weight excluding hydrogens is 264 g/mol. The first-order valence-electron chi connectivity index (χ1n) is 7.77. The van der Waals surface area contributed by atoms with Crippen LogP contribution in [0.4, 0.5) is 0 Å². The zero-order chi connectivity index (χ0) is 15.4. The standard InChI is InChI=1S/C17H28N2O2/c1-12(2)21-10-9-19(3)16-8-6-13-5-7-14(20-4)11-15(13)17(16)18/h5,7,11-12,16-17H,6,8-10,18H2,1-4H3. The number of methoxy groups -OCH3 is 1. The summed E-state index contributed by atoms with van der Waals surface area (Å²) in [7, 11) is 3.84. The summed E-state index contributed by atoms with van der Waals surface area (Å²) in [5.41, 5.74) is 9.09. The summed E-state index contributed by atoms with van der Waals surface area (Å²) in [5.74, 6) is 0.885. The Hall–Kier alpha value is -1.10. The number of likely N-dealkylation sites (N-methyl/N-ethyl adjacent to an activating group) is 1. The van der Waals surface area contributed by atoms with E-state index < -0.39 is 0 Å². The fraction of sp³-hybridized carbons (Fsp3) is 0.647. The molecule has 0 spiro atoms. The summed E-state index contributed by atoms with van der Waals surface area (Å²) in [6.07, 6.45) is 2.45. The number of ether oxygens (including phenoxy) is 2. The maximum absolute atomic E-state index is 6.51. The number of aryl methyl sites for hydroxylation is 1. The van der Waals surface area contributed by atoms with Gasteiger partial charge in [-0.1, -0.05) is 6.07 Å². The fourth-order valence-electron chi connectivity index (χ4n) is 3.02. The third-order valence-electron chi connectivity index (χ3n) is 4.30. The monoisotopic (exact) mass is 292 g/mol. The van der Waals surface area contributed by atoms with Gasteiger partial charge in [-0.05, 0) is 57.0 Å². The van der Waals surface area contributed by atoms with Crippen LogP contribution in [0.1, 0.15) is 37.4 Å². The molecule has 0 aromatic heterocycles. The summed E-state index contributed by atoms with van der Waals surface area (Å²) in [5, 5.41) is 0. The molecule has 0 fully saturated rings. The first-order chi connectivity index (χ1) is 10.0. The van der Waals surface area contributed by atoms with E-state index in [1.165, 1.54) is 11.1 Å². The van der Waals surface area contributed by atoms with Crippen molar-refractivity contribution >= 4 is 0 Å². The molecule has 2 atom stereocenters. The van der Waals surface area contributed by atoms with Gasteiger partial charge in [0, 0.05) is 18.6 Å². The van der Waals surface area contributed by atoms with Crippen LogP contribution < -0.4 is 10.5 Å². The van der Waals surface area contributed by atoms with Gasteiger partial charge in [0.05, 0.1) is 19.8 Å². The van der Waals surface area contributed by atoms with Gasteiger partial charge in [-0.2, -0.15) is 0 Å². The van der Waals surface area contributed by atoms with Crippen molar-refractivity contribution in [3.8, 4) is 5.75 Å². The van der Waals surface area contributed by atoms with Crippen molar-refractivity contribution in [2.75, 3.05) is 27.3 Å². The van der Waals surface area contributed by atoms with Gasteiger partial charge in [0.25, 0.3) is 0 Å². The largest absolute Gasteiger partial charge is 0.497 e. The molecule has 2 unspecified atom stereocenters. The van der Waals surface area contributed by atoms with Gasteiger partial charge >= 0.3 is 0 Å². The predicted octanol–water partition coefficient (Wildman–Crippen LogP) is 2.37. The Balaban J connectivity index is 2.03. The molecule has 2 N–H and O–H groups in total. The zero-order valence-electron chi connectivity index (χ0n) is 13.6. The van der Waals surface area contributed by atoms with Crippen LogP contribution in [0.15, 0.2) is 18.2 Å². The third kappa shape index (κ3) is 3.96. The van der Waals surface area contributed by atoms with E-state index >= 15 is 0 Å². The highest BCUT2D eigenvalue weighted by atomic mass is 16.5. The molecule has 0 heterocycles. The predicted molar refractivity (Wildman–Crippen MR) is 85.7 cm³/mol. The van der Waals surface area contributed by atoms with E-state index in [4.69, 9.17) is 15.2 Å². The Morgan fingerprint density at radius 2 is 2.14 bits per heavy atom. The first kappa shape index (κ1) is 16.3. The van der Waals surface area contributed by atoms with Crippen LogP contribution in [0.2, 0.25) is 0 Å². The van der Waals surface area contributed by atoms with Gasteiger partial charge < -0.3 is 15.2 Å². The highest BCUT2D eigenvalue weighted by Gasteiger charge is 2.29. The molecule has 1 aromatic rings. The Kier molecular flexibility index (Phi) is 5.62. The van der Waals surface area contributed by atoms with Gasteiger partial charge in [0.1, 0.15) is 5.75 Å². The van der Waals surface area contributed by atoms with E-state index in [-0.39, 0.29) is 12.1 Å². The van der Waals surface area contributed by atoms with Gasteiger partial charge in [-0.15, -0.1) is 0 Å². The normalized spacial score (nSPS) is 21.7. The summed E-state index contributed by atoms with van der Waals surface area (Å²) in [6, 6.07) is 6.65. The van der Waals surface area contributed by atoms with Gasteiger partial charge in [0.2, 0.25) is 0 Å². The Morgan fingerprint density at radius 1 is 1.38 bits per heavy atom. The highest BCUT2D eigenvalue weighted by Crippen LogP contribution is 2.33. The smallest absolute Gasteiger partial charge is 0.119 e. The average Bonchev–Trinajstić information content (AvgIpc) is 2.47. The second kappa shape index (κ2) is 7.25. The molecule has 0 aliphatic heterocycles. The summed E-state index contributed by atoms with van der Waals surface area (Å²) >= 11 is 0. The van der Waals surface area contributed by atoms with Crippen LogP contribution in [-0.4, -0.2) is 44.4 Å².